The van der Waals surface area contributed by atoms with E-state index in [4.69, 9.17) is 0 Å². The molecule has 1 heterocycles. The SMILES string of the molecule is CCCCCCCC(CCCCCC)CN1CCC(c2ccc(CCNCC)cc2)CC1. The number of piperidine rings is 1. The molecule has 1 fully saturated rings. The van der Waals surface area contributed by atoms with Crippen LogP contribution in [-0.2, 0) is 6.42 Å². The molecule has 0 aromatic heterocycles. The summed E-state index contributed by atoms with van der Waals surface area (Å²) < 4.78 is 0. The Morgan fingerprint density at radius 3 is 2.00 bits per heavy atom. The second-order valence-corrected chi connectivity index (χ2v) is 10.3. The van der Waals surface area contributed by atoms with Crippen LogP contribution < -0.4 is 5.32 Å². The molecule has 0 bridgehead atoms. The van der Waals surface area contributed by atoms with Crippen LogP contribution in [0.4, 0.5) is 0 Å². The van der Waals surface area contributed by atoms with E-state index in [1.54, 1.807) is 5.56 Å². The summed E-state index contributed by atoms with van der Waals surface area (Å²) in [4.78, 5) is 2.80. The second-order valence-electron chi connectivity index (χ2n) is 10.3. The molecule has 32 heavy (non-hydrogen) atoms. The zero-order valence-electron chi connectivity index (χ0n) is 21.8. The molecule has 0 spiro atoms. The maximum atomic E-state index is 3.43. The first-order valence-electron chi connectivity index (χ1n) is 14.3. The van der Waals surface area contributed by atoms with Gasteiger partial charge >= 0.3 is 0 Å². The molecule has 1 N–H and O–H groups in total. The average molecular weight is 443 g/mol. The van der Waals surface area contributed by atoms with Gasteiger partial charge in [0.15, 0.2) is 0 Å². The first-order valence-corrected chi connectivity index (χ1v) is 14.3. The molecule has 184 valence electrons. The summed E-state index contributed by atoms with van der Waals surface area (Å²) in [5.41, 5.74) is 3.04. The van der Waals surface area contributed by atoms with E-state index in [-0.39, 0.29) is 0 Å². The maximum absolute atomic E-state index is 3.43. The molecular formula is C30H54N2. The van der Waals surface area contributed by atoms with Crippen molar-refractivity contribution in [3.05, 3.63) is 35.4 Å². The molecule has 1 aliphatic rings. The van der Waals surface area contributed by atoms with Crippen LogP contribution in [0.25, 0.3) is 0 Å². The third-order valence-electron chi connectivity index (χ3n) is 7.58. The van der Waals surface area contributed by atoms with E-state index in [0.717, 1.165) is 31.3 Å². The van der Waals surface area contributed by atoms with Crippen LogP contribution in [0.3, 0.4) is 0 Å². The van der Waals surface area contributed by atoms with Gasteiger partial charge in [0.25, 0.3) is 0 Å². The van der Waals surface area contributed by atoms with Gasteiger partial charge in [0.05, 0.1) is 0 Å². The second kappa shape index (κ2) is 17.6. The van der Waals surface area contributed by atoms with Crippen LogP contribution in [0.2, 0.25) is 0 Å². The fourth-order valence-electron chi connectivity index (χ4n) is 5.40. The fourth-order valence-corrected chi connectivity index (χ4v) is 5.40. The molecule has 0 saturated carbocycles. The molecule has 1 unspecified atom stereocenters. The topological polar surface area (TPSA) is 15.3 Å². The Morgan fingerprint density at radius 1 is 0.812 bits per heavy atom. The number of likely N-dealkylation sites (N-methyl/N-ethyl adjacent to an activating group) is 1. The van der Waals surface area contributed by atoms with E-state index in [9.17, 15) is 0 Å². The predicted octanol–water partition coefficient (Wildman–Crippen LogP) is 7.97. The molecule has 0 aliphatic carbocycles. The van der Waals surface area contributed by atoms with Gasteiger partial charge in [-0.15, -0.1) is 0 Å². The Labute approximate surface area is 200 Å². The van der Waals surface area contributed by atoms with Crippen molar-refractivity contribution in [1.82, 2.24) is 10.2 Å². The molecule has 1 aromatic carbocycles. The van der Waals surface area contributed by atoms with Crippen molar-refractivity contribution in [1.29, 1.82) is 0 Å². The van der Waals surface area contributed by atoms with Crippen LogP contribution in [0.15, 0.2) is 24.3 Å². The lowest BCUT2D eigenvalue weighted by atomic mass is 9.87. The molecule has 2 rings (SSSR count). The highest BCUT2D eigenvalue weighted by Crippen LogP contribution is 2.30. The van der Waals surface area contributed by atoms with Crippen molar-refractivity contribution in [3.8, 4) is 0 Å². The summed E-state index contributed by atoms with van der Waals surface area (Å²) in [6.07, 6.45) is 19.5. The molecule has 1 atom stereocenters. The third-order valence-corrected chi connectivity index (χ3v) is 7.58. The molecule has 1 saturated heterocycles. The summed E-state index contributed by atoms with van der Waals surface area (Å²) in [6.45, 7) is 12.9. The van der Waals surface area contributed by atoms with Crippen molar-refractivity contribution < 1.29 is 0 Å². The van der Waals surface area contributed by atoms with E-state index in [0.29, 0.717) is 0 Å². The number of nitrogens with zero attached hydrogens (tertiary/aromatic N) is 1. The summed E-state index contributed by atoms with van der Waals surface area (Å²) in [5, 5.41) is 3.43. The Morgan fingerprint density at radius 2 is 1.41 bits per heavy atom. The van der Waals surface area contributed by atoms with Crippen molar-refractivity contribution in [2.45, 2.75) is 117 Å². The number of hydrogen-bond acceptors (Lipinski definition) is 2. The van der Waals surface area contributed by atoms with Gasteiger partial charge in [-0.3, -0.25) is 0 Å². The molecule has 1 aliphatic heterocycles. The van der Waals surface area contributed by atoms with E-state index in [2.05, 4.69) is 55.3 Å². The highest BCUT2D eigenvalue weighted by atomic mass is 15.1. The first-order chi connectivity index (χ1) is 15.8. The normalized spacial score (nSPS) is 16.5. The van der Waals surface area contributed by atoms with Crippen LogP contribution in [0.5, 0.6) is 0 Å². The zero-order chi connectivity index (χ0) is 22.9. The van der Waals surface area contributed by atoms with E-state index in [1.165, 1.54) is 109 Å². The Kier molecular flexibility index (Phi) is 15.1. The highest BCUT2D eigenvalue weighted by Gasteiger charge is 2.22. The van der Waals surface area contributed by atoms with Crippen LogP contribution in [0.1, 0.15) is 121 Å². The highest BCUT2D eigenvalue weighted by molar-refractivity contribution is 5.26. The Bertz CT molecular complexity index is 544. The van der Waals surface area contributed by atoms with E-state index >= 15 is 0 Å². The first kappa shape index (κ1) is 27.4. The van der Waals surface area contributed by atoms with Crippen molar-refractivity contribution in [3.63, 3.8) is 0 Å². The maximum Gasteiger partial charge on any atom is 0.000966 e. The third kappa shape index (κ3) is 11.3. The van der Waals surface area contributed by atoms with E-state index in [1.807, 2.05) is 0 Å². The molecule has 2 nitrogen and oxygen atoms in total. The minimum atomic E-state index is 0.770. The summed E-state index contributed by atoms with van der Waals surface area (Å²) in [6, 6.07) is 9.55. The largest absolute Gasteiger partial charge is 0.317 e. The smallest absolute Gasteiger partial charge is 0.000966 e. The lowest BCUT2D eigenvalue weighted by Gasteiger charge is -2.34. The Hall–Kier alpha value is -0.860. The van der Waals surface area contributed by atoms with Crippen LogP contribution in [0, 0.1) is 5.92 Å². The zero-order valence-corrected chi connectivity index (χ0v) is 21.8. The molecule has 2 heteroatoms. The lowest BCUT2D eigenvalue weighted by Crippen LogP contribution is -2.36. The van der Waals surface area contributed by atoms with Gasteiger partial charge in [-0.25, -0.2) is 0 Å². The van der Waals surface area contributed by atoms with Gasteiger partial charge in [-0.1, -0.05) is 103 Å². The van der Waals surface area contributed by atoms with E-state index < -0.39 is 0 Å². The lowest BCUT2D eigenvalue weighted by molar-refractivity contribution is 0.171. The quantitative estimate of drug-likeness (QED) is 0.232. The van der Waals surface area contributed by atoms with Gasteiger partial charge in [0.1, 0.15) is 0 Å². The molecular weight excluding hydrogens is 388 g/mol. The molecule has 0 radical (unpaired) electrons. The van der Waals surface area contributed by atoms with Gasteiger partial charge in [0, 0.05) is 6.54 Å². The van der Waals surface area contributed by atoms with Crippen LogP contribution >= 0.6 is 0 Å². The molecule has 1 aromatic rings. The van der Waals surface area contributed by atoms with Crippen LogP contribution in [-0.4, -0.2) is 37.6 Å². The predicted molar refractivity (Wildman–Crippen MR) is 143 cm³/mol. The number of unbranched alkanes of at least 4 members (excludes halogenated alkanes) is 7. The average Bonchev–Trinajstić information content (AvgIpc) is 2.82. The number of rotatable bonds is 18. The van der Waals surface area contributed by atoms with Gasteiger partial charge in [-0.2, -0.15) is 0 Å². The fraction of sp³-hybridized carbons (Fsp3) is 0.800. The Balaban J connectivity index is 1.74. The number of benzene rings is 1. The van der Waals surface area contributed by atoms with Gasteiger partial charge < -0.3 is 10.2 Å². The van der Waals surface area contributed by atoms with Gasteiger partial charge in [0.2, 0.25) is 0 Å². The monoisotopic (exact) mass is 442 g/mol. The van der Waals surface area contributed by atoms with Gasteiger partial charge in [-0.05, 0) is 81.2 Å². The number of nitrogens with one attached hydrogen (secondary N) is 1. The summed E-state index contributed by atoms with van der Waals surface area (Å²) >= 11 is 0. The standard InChI is InChI=1S/C30H54N2/c1-4-7-9-11-13-15-28(14-12-10-8-5-2)26-32-24-21-30(22-25-32)29-18-16-27(17-19-29)20-23-31-6-3/h16-19,28,30-31H,4-15,20-26H2,1-3H3. The summed E-state index contributed by atoms with van der Waals surface area (Å²) in [5.74, 6) is 1.70. The van der Waals surface area contributed by atoms with Crippen molar-refractivity contribution in [2.75, 3.05) is 32.7 Å². The number of likely N-dealkylation sites (tertiary alicyclic amines) is 1. The van der Waals surface area contributed by atoms with Crippen molar-refractivity contribution in [2.24, 2.45) is 5.92 Å². The summed E-state index contributed by atoms with van der Waals surface area (Å²) in [7, 11) is 0. The molecule has 0 amide bonds. The minimum Gasteiger partial charge on any atom is -0.317 e. The van der Waals surface area contributed by atoms with Crippen molar-refractivity contribution >= 4 is 0 Å². The minimum absolute atomic E-state index is 0.770. The number of hydrogen-bond donors (Lipinski definition) is 1.